The van der Waals surface area contributed by atoms with Crippen molar-refractivity contribution in [2.75, 3.05) is 0 Å². The topological polar surface area (TPSA) is 42.0 Å². The second-order valence-corrected chi connectivity index (χ2v) is 7.52. The molecule has 2 heterocycles. The zero-order valence-electron chi connectivity index (χ0n) is 15.3. The van der Waals surface area contributed by atoms with Crippen LogP contribution < -0.4 is 5.32 Å². The first-order valence-electron chi connectivity index (χ1n) is 9.17. The van der Waals surface area contributed by atoms with Crippen molar-refractivity contribution in [1.29, 1.82) is 0 Å². The largest absolute Gasteiger partial charge is 0.352 e. The minimum absolute atomic E-state index is 0.00832. The zero-order valence-corrected chi connectivity index (χ0v) is 16.2. The number of pyridine rings is 1. The number of hydrogen-bond acceptors (Lipinski definition) is 3. The van der Waals surface area contributed by atoms with Crippen molar-refractivity contribution in [3.05, 3.63) is 102 Å². The minimum atomic E-state index is 0.00832. The number of hydrogen-bond donors (Lipinski definition) is 1. The van der Waals surface area contributed by atoms with Crippen LogP contribution in [0.1, 0.15) is 11.1 Å². The second-order valence-electron chi connectivity index (χ2n) is 6.58. The van der Waals surface area contributed by atoms with E-state index in [0.717, 1.165) is 22.3 Å². The van der Waals surface area contributed by atoms with E-state index in [1.165, 1.54) is 10.4 Å². The first-order chi connectivity index (χ1) is 13.8. The van der Waals surface area contributed by atoms with Crippen LogP contribution in [0.2, 0.25) is 0 Å². The van der Waals surface area contributed by atoms with Crippen LogP contribution in [0.4, 0.5) is 0 Å². The minimum Gasteiger partial charge on any atom is -0.352 e. The number of rotatable bonds is 6. The number of benzene rings is 2. The number of amides is 1. The zero-order chi connectivity index (χ0) is 19.2. The summed E-state index contributed by atoms with van der Waals surface area (Å²) in [5, 5.41) is 5.04. The van der Waals surface area contributed by atoms with Gasteiger partial charge in [-0.2, -0.15) is 0 Å². The number of thiophene rings is 1. The summed E-state index contributed by atoms with van der Waals surface area (Å²) in [5.41, 5.74) is 5.41. The maximum Gasteiger partial charge on any atom is 0.224 e. The lowest BCUT2D eigenvalue weighted by Crippen LogP contribution is -2.24. The predicted octanol–water partition coefficient (Wildman–Crippen LogP) is 5.34. The highest BCUT2D eigenvalue weighted by Gasteiger charge is 2.06. The first kappa shape index (κ1) is 18.1. The molecule has 0 unspecified atom stereocenters. The van der Waals surface area contributed by atoms with Crippen LogP contribution in [-0.2, 0) is 17.8 Å². The fourth-order valence-corrected chi connectivity index (χ4v) is 3.76. The van der Waals surface area contributed by atoms with Gasteiger partial charge in [0.05, 0.1) is 6.42 Å². The Kier molecular flexibility index (Phi) is 5.59. The van der Waals surface area contributed by atoms with E-state index in [1.807, 2.05) is 48.0 Å². The van der Waals surface area contributed by atoms with Gasteiger partial charge in [-0.3, -0.25) is 9.78 Å². The van der Waals surface area contributed by atoms with E-state index in [0.29, 0.717) is 13.0 Å². The number of carbonyl (C=O) groups excluding carboxylic acids is 1. The van der Waals surface area contributed by atoms with E-state index in [1.54, 1.807) is 17.5 Å². The van der Waals surface area contributed by atoms with Gasteiger partial charge in [-0.05, 0) is 39.8 Å². The van der Waals surface area contributed by atoms with Gasteiger partial charge in [0, 0.05) is 29.4 Å². The van der Waals surface area contributed by atoms with Gasteiger partial charge in [0.1, 0.15) is 0 Å². The van der Waals surface area contributed by atoms with Crippen molar-refractivity contribution in [1.82, 2.24) is 10.3 Å². The number of nitrogens with one attached hydrogen (secondary N) is 1. The lowest BCUT2D eigenvalue weighted by atomic mass is 10.0. The van der Waals surface area contributed by atoms with E-state index >= 15 is 0 Å². The summed E-state index contributed by atoms with van der Waals surface area (Å²) in [6.07, 6.45) is 4.02. The summed E-state index contributed by atoms with van der Waals surface area (Å²) in [7, 11) is 0. The molecule has 4 heteroatoms. The van der Waals surface area contributed by atoms with Crippen LogP contribution in [-0.4, -0.2) is 10.9 Å². The Bertz CT molecular complexity index is 1040. The Morgan fingerprint density at radius 2 is 1.61 bits per heavy atom. The maximum absolute atomic E-state index is 12.3. The normalized spacial score (nSPS) is 10.6. The summed E-state index contributed by atoms with van der Waals surface area (Å²) >= 11 is 1.68. The van der Waals surface area contributed by atoms with Crippen molar-refractivity contribution in [2.24, 2.45) is 0 Å². The van der Waals surface area contributed by atoms with Crippen LogP contribution in [0.25, 0.3) is 21.6 Å². The van der Waals surface area contributed by atoms with Gasteiger partial charge >= 0.3 is 0 Å². The maximum atomic E-state index is 12.3. The van der Waals surface area contributed by atoms with Crippen LogP contribution in [0.3, 0.4) is 0 Å². The van der Waals surface area contributed by atoms with Crippen molar-refractivity contribution in [2.45, 2.75) is 13.0 Å². The molecule has 0 aliphatic rings. The standard InChI is InChI=1S/C24H20N2OS/c27-24(14-18-8-10-21(11-9-18)20-5-2-1-3-6-20)26-16-19-13-22(17-25-15-19)23-7-4-12-28-23/h1-13,15,17H,14,16H2,(H,26,27). The summed E-state index contributed by atoms with van der Waals surface area (Å²) in [6, 6.07) is 24.6. The van der Waals surface area contributed by atoms with Crippen LogP contribution >= 0.6 is 11.3 Å². The van der Waals surface area contributed by atoms with E-state index in [2.05, 4.69) is 46.7 Å². The highest BCUT2D eigenvalue weighted by Crippen LogP contribution is 2.24. The molecule has 0 fully saturated rings. The van der Waals surface area contributed by atoms with Gasteiger partial charge in [0.25, 0.3) is 0 Å². The summed E-state index contributed by atoms with van der Waals surface area (Å²) in [5.74, 6) is 0.00832. The van der Waals surface area contributed by atoms with Crippen LogP contribution in [0.15, 0.2) is 90.6 Å². The molecule has 0 aliphatic carbocycles. The number of carbonyl (C=O) groups is 1. The molecule has 1 amide bonds. The lowest BCUT2D eigenvalue weighted by Gasteiger charge is -2.07. The van der Waals surface area contributed by atoms with Crippen LogP contribution in [0, 0.1) is 0 Å². The van der Waals surface area contributed by atoms with Gasteiger partial charge in [-0.1, -0.05) is 60.7 Å². The third-order valence-corrected chi connectivity index (χ3v) is 5.43. The monoisotopic (exact) mass is 384 g/mol. The smallest absolute Gasteiger partial charge is 0.224 e. The molecule has 3 nitrogen and oxygen atoms in total. The van der Waals surface area contributed by atoms with Gasteiger partial charge in [-0.15, -0.1) is 11.3 Å². The van der Waals surface area contributed by atoms with E-state index in [4.69, 9.17) is 0 Å². The molecule has 28 heavy (non-hydrogen) atoms. The second kappa shape index (κ2) is 8.63. The number of aromatic nitrogens is 1. The highest BCUT2D eigenvalue weighted by atomic mass is 32.1. The van der Waals surface area contributed by atoms with E-state index in [-0.39, 0.29) is 5.91 Å². The molecular formula is C24H20N2OS. The third-order valence-electron chi connectivity index (χ3n) is 4.52. The molecule has 138 valence electrons. The SMILES string of the molecule is O=C(Cc1ccc(-c2ccccc2)cc1)NCc1cncc(-c2cccs2)c1. The quantitative estimate of drug-likeness (QED) is 0.488. The predicted molar refractivity (Wildman–Crippen MR) is 115 cm³/mol. The van der Waals surface area contributed by atoms with Crippen molar-refractivity contribution >= 4 is 17.2 Å². The fourth-order valence-electron chi connectivity index (χ4n) is 3.06. The Hall–Kier alpha value is -3.24. The Balaban J connectivity index is 1.34. The lowest BCUT2D eigenvalue weighted by molar-refractivity contribution is -0.120. The van der Waals surface area contributed by atoms with Gasteiger partial charge in [0.15, 0.2) is 0 Å². The first-order valence-corrected chi connectivity index (χ1v) is 10.0. The summed E-state index contributed by atoms with van der Waals surface area (Å²) in [6.45, 7) is 0.479. The molecule has 0 saturated heterocycles. The molecule has 4 aromatic rings. The molecule has 2 aromatic heterocycles. The third kappa shape index (κ3) is 4.53. The highest BCUT2D eigenvalue weighted by molar-refractivity contribution is 7.13. The van der Waals surface area contributed by atoms with Crippen molar-refractivity contribution < 1.29 is 4.79 Å². The summed E-state index contributed by atoms with van der Waals surface area (Å²) < 4.78 is 0. The number of nitrogens with zero attached hydrogens (tertiary/aromatic N) is 1. The Morgan fingerprint density at radius 3 is 2.36 bits per heavy atom. The molecular weight excluding hydrogens is 364 g/mol. The van der Waals surface area contributed by atoms with E-state index in [9.17, 15) is 4.79 Å². The molecule has 0 aliphatic heterocycles. The molecule has 0 saturated carbocycles. The molecule has 1 N–H and O–H groups in total. The van der Waals surface area contributed by atoms with Gasteiger partial charge < -0.3 is 5.32 Å². The Labute approximate surface area is 168 Å². The molecule has 4 rings (SSSR count). The van der Waals surface area contributed by atoms with E-state index < -0.39 is 0 Å². The fraction of sp³-hybridized carbons (Fsp3) is 0.0833. The molecule has 2 aromatic carbocycles. The average molecular weight is 385 g/mol. The molecule has 0 radical (unpaired) electrons. The van der Waals surface area contributed by atoms with Crippen molar-refractivity contribution in [3.63, 3.8) is 0 Å². The summed E-state index contributed by atoms with van der Waals surface area (Å²) in [4.78, 5) is 17.8. The molecule has 0 spiro atoms. The van der Waals surface area contributed by atoms with Crippen molar-refractivity contribution in [3.8, 4) is 21.6 Å². The van der Waals surface area contributed by atoms with Gasteiger partial charge in [-0.25, -0.2) is 0 Å². The molecule has 0 atom stereocenters. The Morgan fingerprint density at radius 1 is 0.821 bits per heavy atom. The van der Waals surface area contributed by atoms with Gasteiger partial charge in [0.2, 0.25) is 5.91 Å². The van der Waals surface area contributed by atoms with Crippen LogP contribution in [0.5, 0.6) is 0 Å². The molecule has 0 bridgehead atoms. The average Bonchev–Trinajstić information content (AvgIpc) is 3.29.